The monoisotopic (exact) mass is 186 g/mol. The number of hydrogen-bond acceptors (Lipinski definition) is 5. The van der Waals surface area contributed by atoms with E-state index in [0.717, 1.165) is 4.52 Å². The predicted molar refractivity (Wildman–Crippen MR) is 35.1 cm³/mol. The average molecular weight is 186 g/mol. The molecule has 0 atom stereocenters. The summed E-state index contributed by atoms with van der Waals surface area (Å²) in [5, 5.41) is 14.1. The van der Waals surface area contributed by atoms with Crippen molar-refractivity contribution in [3.8, 4) is 0 Å². The number of aromatic carboxylic acids is 1. The maximum absolute atomic E-state index is 10.5. The zero-order chi connectivity index (χ0) is 8.55. The second-order valence-electron chi connectivity index (χ2n) is 2.09. The number of hydrogen-bond donors (Lipinski definition) is 0. The van der Waals surface area contributed by atoms with Crippen LogP contribution in [-0.4, -0.2) is 25.6 Å². The predicted octanol–water partition coefficient (Wildman–Crippen LogP) is -4.51. The summed E-state index contributed by atoms with van der Waals surface area (Å²) < 4.78 is 1.11. The molecule has 2 aromatic heterocycles. The van der Waals surface area contributed by atoms with Gasteiger partial charge in [0.1, 0.15) is 6.33 Å². The second-order valence-corrected chi connectivity index (χ2v) is 2.09. The number of carboxylic acids is 1. The Balaban J connectivity index is 0.000000845. The summed E-state index contributed by atoms with van der Waals surface area (Å²) in [6.07, 6.45) is 2.57. The van der Waals surface area contributed by atoms with E-state index in [1.807, 2.05) is 0 Å². The van der Waals surface area contributed by atoms with Crippen molar-refractivity contribution in [1.82, 2.24) is 19.6 Å². The topological polar surface area (TPSA) is 83.2 Å². The van der Waals surface area contributed by atoms with Gasteiger partial charge in [-0.25, -0.2) is 4.98 Å². The van der Waals surface area contributed by atoms with Gasteiger partial charge in [-0.1, -0.05) is 0 Å². The van der Waals surface area contributed by atoms with E-state index in [9.17, 15) is 9.90 Å². The van der Waals surface area contributed by atoms with Gasteiger partial charge in [0.05, 0.1) is 11.7 Å². The zero-order valence-electron chi connectivity index (χ0n) is 6.84. The molecular formula is C6H3N4NaO2. The molecule has 0 bridgehead atoms. The van der Waals surface area contributed by atoms with Gasteiger partial charge in [-0.3, -0.25) is 0 Å². The Bertz CT molecular complexity index is 441. The molecule has 7 heteroatoms. The minimum atomic E-state index is -1.30. The number of carboxylic acid groups (broad SMARTS) is 1. The van der Waals surface area contributed by atoms with Crippen molar-refractivity contribution < 1.29 is 39.5 Å². The average Bonchev–Trinajstić information content (AvgIpc) is 2.49. The van der Waals surface area contributed by atoms with E-state index in [2.05, 4.69) is 15.1 Å². The molecule has 2 rings (SSSR count). The van der Waals surface area contributed by atoms with Crippen LogP contribution in [-0.2, 0) is 0 Å². The van der Waals surface area contributed by atoms with Crippen LogP contribution in [0.3, 0.4) is 0 Å². The van der Waals surface area contributed by atoms with Crippen LogP contribution in [0.25, 0.3) is 5.78 Å². The Hall–Kier alpha value is -0.980. The molecule has 2 heterocycles. The van der Waals surface area contributed by atoms with E-state index in [0.29, 0.717) is 0 Å². The smallest absolute Gasteiger partial charge is 0.543 e. The minimum absolute atomic E-state index is 0. The molecule has 0 radical (unpaired) electrons. The Morgan fingerprint density at radius 2 is 2.23 bits per heavy atom. The van der Waals surface area contributed by atoms with E-state index < -0.39 is 5.97 Å². The molecule has 13 heavy (non-hydrogen) atoms. The number of aromatic nitrogens is 4. The second kappa shape index (κ2) is 3.82. The third-order valence-electron chi connectivity index (χ3n) is 1.39. The summed E-state index contributed by atoms with van der Waals surface area (Å²) in [6, 6.07) is 1.30. The Labute approximate surface area is 94.9 Å². The van der Waals surface area contributed by atoms with Crippen molar-refractivity contribution in [2.24, 2.45) is 0 Å². The van der Waals surface area contributed by atoms with Crippen molar-refractivity contribution in [2.75, 3.05) is 0 Å². The van der Waals surface area contributed by atoms with Crippen molar-refractivity contribution >= 4 is 11.7 Å². The molecule has 0 fully saturated rings. The number of nitrogens with zero attached hydrogens (tertiary/aromatic N) is 4. The number of rotatable bonds is 1. The molecule has 60 valence electrons. The summed E-state index contributed by atoms with van der Waals surface area (Å²) >= 11 is 0. The van der Waals surface area contributed by atoms with Crippen LogP contribution >= 0.6 is 0 Å². The van der Waals surface area contributed by atoms with Crippen molar-refractivity contribution in [1.29, 1.82) is 0 Å². The molecule has 2 aromatic rings. The molecule has 0 aliphatic carbocycles. The largest absolute Gasteiger partial charge is 1.00 e. The van der Waals surface area contributed by atoms with Gasteiger partial charge in [-0.05, 0) is 6.07 Å². The molecule has 0 unspecified atom stereocenters. The Kier molecular flexibility index (Phi) is 2.97. The van der Waals surface area contributed by atoms with Gasteiger partial charge < -0.3 is 9.90 Å². The van der Waals surface area contributed by atoms with Gasteiger partial charge in [-0.2, -0.15) is 14.6 Å². The molecule has 0 saturated carbocycles. The van der Waals surface area contributed by atoms with Crippen molar-refractivity contribution in [2.45, 2.75) is 0 Å². The summed E-state index contributed by atoms with van der Waals surface area (Å²) in [5.74, 6) is -1.05. The van der Waals surface area contributed by atoms with Crippen LogP contribution in [0.5, 0.6) is 0 Å². The summed E-state index contributed by atoms with van der Waals surface area (Å²) in [7, 11) is 0. The SMILES string of the molecule is O=C([O-])c1ccnc2ncnn12.[Na+]. The zero-order valence-corrected chi connectivity index (χ0v) is 8.84. The van der Waals surface area contributed by atoms with E-state index in [4.69, 9.17) is 0 Å². The van der Waals surface area contributed by atoms with Crippen LogP contribution < -0.4 is 34.7 Å². The van der Waals surface area contributed by atoms with Crippen LogP contribution in [0.2, 0.25) is 0 Å². The van der Waals surface area contributed by atoms with Crippen LogP contribution in [0.15, 0.2) is 18.6 Å². The summed E-state index contributed by atoms with van der Waals surface area (Å²) in [4.78, 5) is 18.0. The maximum Gasteiger partial charge on any atom is 1.00 e. The number of fused-ring (bicyclic) bond motifs is 1. The first-order valence-electron chi connectivity index (χ1n) is 3.15. The fraction of sp³-hybridized carbons (Fsp3) is 0. The first-order chi connectivity index (χ1) is 5.79. The number of carbonyl (C=O) groups excluding carboxylic acids is 1. The molecular weight excluding hydrogens is 183 g/mol. The van der Waals surface area contributed by atoms with Crippen LogP contribution in [0.1, 0.15) is 10.5 Å². The Morgan fingerprint density at radius 1 is 1.46 bits per heavy atom. The fourth-order valence-corrected chi connectivity index (χ4v) is 0.893. The van der Waals surface area contributed by atoms with Crippen LogP contribution in [0.4, 0.5) is 0 Å². The van der Waals surface area contributed by atoms with E-state index in [1.165, 1.54) is 18.6 Å². The minimum Gasteiger partial charge on any atom is -0.543 e. The van der Waals surface area contributed by atoms with Gasteiger partial charge in [0.25, 0.3) is 5.78 Å². The van der Waals surface area contributed by atoms with Gasteiger partial charge in [0, 0.05) is 6.20 Å². The standard InChI is InChI=1S/C6H4N4O2.Na/c11-5(12)4-1-2-7-6-8-3-9-10(4)6;/h1-3H,(H,11,12);/q;+1/p-1. The normalized spacial score (nSPS) is 9.54. The van der Waals surface area contributed by atoms with Crippen LogP contribution in [0, 0.1) is 0 Å². The first-order valence-corrected chi connectivity index (χ1v) is 3.15. The molecule has 0 aliphatic rings. The molecule has 0 N–H and O–H groups in total. The maximum atomic E-state index is 10.5. The van der Waals surface area contributed by atoms with Crippen molar-refractivity contribution in [3.05, 3.63) is 24.3 Å². The van der Waals surface area contributed by atoms with E-state index in [-0.39, 0.29) is 41.0 Å². The molecule has 0 spiro atoms. The molecule has 0 aromatic carbocycles. The number of carbonyl (C=O) groups is 1. The molecule has 0 amide bonds. The third kappa shape index (κ3) is 1.69. The summed E-state index contributed by atoms with van der Waals surface area (Å²) in [6.45, 7) is 0. The molecule has 0 aliphatic heterocycles. The van der Waals surface area contributed by atoms with Gasteiger partial charge in [0.15, 0.2) is 0 Å². The Morgan fingerprint density at radius 3 is 2.92 bits per heavy atom. The molecule has 0 saturated heterocycles. The summed E-state index contributed by atoms with van der Waals surface area (Å²) in [5.41, 5.74) is -0.0579. The first kappa shape index (κ1) is 10.1. The van der Waals surface area contributed by atoms with Gasteiger partial charge in [0.2, 0.25) is 0 Å². The van der Waals surface area contributed by atoms with Gasteiger partial charge in [-0.15, -0.1) is 0 Å². The fourth-order valence-electron chi connectivity index (χ4n) is 0.893. The van der Waals surface area contributed by atoms with Crippen molar-refractivity contribution in [3.63, 3.8) is 0 Å². The quantitative estimate of drug-likeness (QED) is 0.419. The van der Waals surface area contributed by atoms with E-state index in [1.54, 1.807) is 0 Å². The van der Waals surface area contributed by atoms with E-state index >= 15 is 0 Å². The van der Waals surface area contributed by atoms with Gasteiger partial charge >= 0.3 is 29.6 Å². The molecule has 6 nitrogen and oxygen atoms in total. The third-order valence-corrected chi connectivity index (χ3v) is 1.39.